The Hall–Kier alpha value is -4.62. The van der Waals surface area contributed by atoms with Crippen LogP contribution in [0.15, 0.2) is 151 Å². The fourth-order valence-electron chi connectivity index (χ4n) is 7.99. The first-order valence-corrected chi connectivity index (χ1v) is 14.7. The monoisotopic (exact) mass is 527 g/mol. The summed E-state index contributed by atoms with van der Waals surface area (Å²) in [5.41, 5.74) is 13.0. The van der Waals surface area contributed by atoms with Gasteiger partial charge in [-0.15, -0.1) is 0 Å². The van der Waals surface area contributed by atoms with Crippen LogP contribution in [-0.4, -0.2) is 0 Å². The van der Waals surface area contributed by atoms with Crippen molar-refractivity contribution in [3.05, 3.63) is 185 Å². The normalized spacial score (nSPS) is 20.4. The van der Waals surface area contributed by atoms with Crippen LogP contribution in [0.1, 0.15) is 53.1 Å². The van der Waals surface area contributed by atoms with Gasteiger partial charge in [0.15, 0.2) is 0 Å². The van der Waals surface area contributed by atoms with E-state index in [-0.39, 0.29) is 16.7 Å². The van der Waals surface area contributed by atoms with Gasteiger partial charge in [-0.25, -0.2) is 0 Å². The highest BCUT2D eigenvalue weighted by atomic mass is 14.9. The van der Waals surface area contributed by atoms with Crippen molar-refractivity contribution in [2.24, 2.45) is 5.92 Å². The Balaban J connectivity index is 1.25. The third kappa shape index (κ3) is 3.42. The molecule has 0 spiro atoms. The third-order valence-electron chi connectivity index (χ3n) is 9.80. The van der Waals surface area contributed by atoms with Crippen molar-refractivity contribution in [2.45, 2.75) is 30.6 Å². The van der Waals surface area contributed by atoms with Gasteiger partial charge in [0.2, 0.25) is 0 Å². The lowest BCUT2D eigenvalue weighted by Gasteiger charge is -2.39. The molecule has 0 bridgehead atoms. The zero-order valence-corrected chi connectivity index (χ0v) is 23.5. The van der Waals surface area contributed by atoms with Crippen LogP contribution in [0, 0.1) is 5.92 Å². The van der Waals surface area contributed by atoms with Gasteiger partial charge in [0, 0.05) is 28.6 Å². The van der Waals surface area contributed by atoms with E-state index in [2.05, 4.69) is 165 Å². The maximum Gasteiger partial charge on any atom is 0.0526 e. The predicted octanol–water partition coefficient (Wildman–Crippen LogP) is 9.61. The molecule has 5 aromatic rings. The van der Waals surface area contributed by atoms with E-state index in [1.807, 2.05) is 0 Å². The highest BCUT2D eigenvalue weighted by Crippen LogP contribution is 2.60. The second-order valence-corrected chi connectivity index (χ2v) is 12.2. The summed E-state index contributed by atoms with van der Waals surface area (Å²) in [6, 6.07) is 47.0. The predicted molar refractivity (Wildman–Crippen MR) is 170 cm³/mol. The fourth-order valence-corrected chi connectivity index (χ4v) is 7.99. The van der Waals surface area contributed by atoms with Gasteiger partial charge in [-0.05, 0) is 62.7 Å². The molecule has 0 amide bonds. The second kappa shape index (κ2) is 8.94. The largest absolute Gasteiger partial charge is 0.356 e. The lowest BCUT2D eigenvalue weighted by atomic mass is 9.63. The zero-order valence-electron chi connectivity index (χ0n) is 23.5. The van der Waals surface area contributed by atoms with Gasteiger partial charge >= 0.3 is 0 Å². The minimum absolute atomic E-state index is 0.0195. The molecule has 0 saturated heterocycles. The molecule has 0 heterocycles. The average molecular weight is 528 g/mol. The van der Waals surface area contributed by atoms with Crippen molar-refractivity contribution >= 4 is 5.69 Å². The number of anilines is 1. The van der Waals surface area contributed by atoms with Crippen molar-refractivity contribution in [2.75, 3.05) is 5.32 Å². The van der Waals surface area contributed by atoms with Gasteiger partial charge in [0.05, 0.1) is 5.41 Å². The fraction of sp³-hybridized carbons (Fsp3) is 0.150. The molecule has 0 saturated carbocycles. The number of rotatable bonds is 4. The summed E-state index contributed by atoms with van der Waals surface area (Å²) in [6.45, 7) is 4.69. The Labute approximate surface area is 242 Å². The van der Waals surface area contributed by atoms with Crippen molar-refractivity contribution in [1.82, 2.24) is 0 Å². The number of nitrogens with one attached hydrogen (secondary N) is 1. The Morgan fingerprint density at radius 1 is 0.585 bits per heavy atom. The highest BCUT2D eigenvalue weighted by molar-refractivity contribution is 5.82. The van der Waals surface area contributed by atoms with E-state index in [4.69, 9.17) is 0 Å². The maximum atomic E-state index is 3.83. The summed E-state index contributed by atoms with van der Waals surface area (Å²) >= 11 is 0. The molecule has 198 valence electrons. The molecule has 0 radical (unpaired) electrons. The lowest BCUT2D eigenvalue weighted by Crippen LogP contribution is -2.35. The minimum atomic E-state index is -0.275. The van der Waals surface area contributed by atoms with Crippen LogP contribution in [0.2, 0.25) is 0 Å². The van der Waals surface area contributed by atoms with Gasteiger partial charge < -0.3 is 5.32 Å². The quantitative estimate of drug-likeness (QED) is 0.245. The van der Waals surface area contributed by atoms with Crippen LogP contribution in [0.25, 0.3) is 11.1 Å². The first-order valence-electron chi connectivity index (χ1n) is 14.7. The summed E-state index contributed by atoms with van der Waals surface area (Å²) in [7, 11) is 0. The summed E-state index contributed by atoms with van der Waals surface area (Å²) in [5, 5.41) is 3.83. The molecule has 2 atom stereocenters. The van der Waals surface area contributed by atoms with Crippen LogP contribution in [0.3, 0.4) is 0 Å². The molecular formula is C40H33N. The van der Waals surface area contributed by atoms with Gasteiger partial charge in [0.1, 0.15) is 0 Å². The van der Waals surface area contributed by atoms with Crippen LogP contribution in [0.4, 0.5) is 5.69 Å². The molecule has 1 N–H and O–H groups in total. The number of hydrogen-bond donors (Lipinski definition) is 1. The number of fused-ring (bicyclic) bond motifs is 6. The first kappa shape index (κ1) is 24.2. The van der Waals surface area contributed by atoms with Crippen molar-refractivity contribution < 1.29 is 0 Å². The van der Waals surface area contributed by atoms with E-state index in [1.165, 1.54) is 44.5 Å². The summed E-state index contributed by atoms with van der Waals surface area (Å²) < 4.78 is 0. The van der Waals surface area contributed by atoms with Gasteiger partial charge in [-0.3, -0.25) is 0 Å². The van der Waals surface area contributed by atoms with Crippen LogP contribution >= 0.6 is 0 Å². The lowest BCUT2D eigenvalue weighted by molar-refractivity contribution is 0.454. The van der Waals surface area contributed by atoms with Gasteiger partial charge in [0.25, 0.3) is 0 Å². The molecule has 0 fully saturated rings. The number of hydrogen-bond acceptors (Lipinski definition) is 1. The Kier molecular flexibility index (Phi) is 5.28. The van der Waals surface area contributed by atoms with Crippen LogP contribution < -0.4 is 5.32 Å². The molecule has 3 aliphatic carbocycles. The summed E-state index contributed by atoms with van der Waals surface area (Å²) in [5.74, 6) is 0.554. The Morgan fingerprint density at radius 2 is 1.20 bits per heavy atom. The molecule has 41 heavy (non-hydrogen) atoms. The summed E-state index contributed by atoms with van der Waals surface area (Å²) in [6.07, 6.45) is 7.21. The van der Waals surface area contributed by atoms with Gasteiger partial charge in [-0.2, -0.15) is 0 Å². The SMILES string of the molecule is CC1(C)c2ccccc2-c2ccc(NC3=CC4C(C=C3)c3ccccc3C4(c3ccccc3)c3ccccc3)cc21. The molecular weight excluding hydrogens is 494 g/mol. The first-order chi connectivity index (χ1) is 20.1. The molecule has 0 aromatic heterocycles. The van der Waals surface area contributed by atoms with E-state index in [1.54, 1.807) is 0 Å². The van der Waals surface area contributed by atoms with Crippen molar-refractivity contribution in [3.8, 4) is 11.1 Å². The van der Waals surface area contributed by atoms with Crippen molar-refractivity contribution in [3.63, 3.8) is 0 Å². The Bertz CT molecular complexity index is 1800. The molecule has 3 aliphatic rings. The topological polar surface area (TPSA) is 12.0 Å². The maximum absolute atomic E-state index is 3.83. The van der Waals surface area contributed by atoms with E-state index in [0.717, 1.165) is 11.4 Å². The zero-order chi connectivity index (χ0) is 27.6. The average Bonchev–Trinajstić information content (AvgIpc) is 3.44. The molecule has 8 rings (SSSR count). The molecule has 5 aromatic carbocycles. The minimum Gasteiger partial charge on any atom is -0.356 e. The van der Waals surface area contributed by atoms with E-state index in [0.29, 0.717) is 5.92 Å². The standard InChI is InChI=1S/C40H33N/c1-39(2)35-19-11-9-17-31(35)33-23-21-29(25-37(33)39)41-30-22-24-34-32-18-10-12-20-36(32)40(38(34)26-30,27-13-5-3-6-14-27)28-15-7-4-8-16-28/h3-26,34,38,41H,1-2H3. The Morgan fingerprint density at radius 3 is 1.93 bits per heavy atom. The highest BCUT2D eigenvalue weighted by Gasteiger charge is 2.53. The smallest absolute Gasteiger partial charge is 0.0526 e. The molecule has 1 nitrogen and oxygen atoms in total. The van der Waals surface area contributed by atoms with Crippen molar-refractivity contribution in [1.29, 1.82) is 0 Å². The summed E-state index contributed by atoms with van der Waals surface area (Å²) in [4.78, 5) is 0. The van der Waals surface area contributed by atoms with E-state index < -0.39 is 0 Å². The van der Waals surface area contributed by atoms with Crippen LogP contribution in [0.5, 0.6) is 0 Å². The molecule has 2 unspecified atom stereocenters. The van der Waals surface area contributed by atoms with E-state index in [9.17, 15) is 0 Å². The number of allylic oxidation sites excluding steroid dienone is 3. The van der Waals surface area contributed by atoms with E-state index >= 15 is 0 Å². The second-order valence-electron chi connectivity index (χ2n) is 12.2. The third-order valence-corrected chi connectivity index (χ3v) is 9.80. The number of benzene rings is 5. The molecule has 1 heteroatoms. The van der Waals surface area contributed by atoms with Gasteiger partial charge in [-0.1, -0.05) is 141 Å². The molecule has 0 aliphatic heterocycles. The van der Waals surface area contributed by atoms with Crippen LogP contribution in [-0.2, 0) is 10.8 Å².